The van der Waals surface area contributed by atoms with Gasteiger partial charge in [0.2, 0.25) is 0 Å². The number of nitrogens with zero attached hydrogens (tertiary/aromatic N) is 2. The number of nitrogen functional groups attached to an aromatic ring is 1. The lowest BCUT2D eigenvalue weighted by Crippen LogP contribution is -2.23. The molecule has 0 aliphatic carbocycles. The first-order chi connectivity index (χ1) is 9.04. The maximum Gasteiger partial charge on any atom is 0.290 e. The molecule has 0 bridgehead atoms. The van der Waals surface area contributed by atoms with Gasteiger partial charge >= 0.3 is 0 Å². The molecule has 0 radical (unpaired) electrons. The van der Waals surface area contributed by atoms with Gasteiger partial charge in [-0.3, -0.25) is 9.48 Å². The summed E-state index contributed by atoms with van der Waals surface area (Å²) in [6.45, 7) is 0.609. The van der Waals surface area contributed by atoms with Gasteiger partial charge in [0.05, 0.1) is 18.8 Å². The normalized spacial score (nSPS) is 10.9. The molecule has 0 amide bonds. The fraction of sp³-hybridized carbons (Fsp3) is 0.308. The minimum Gasteiger partial charge on any atom is -0.393 e. The van der Waals surface area contributed by atoms with E-state index in [0.717, 1.165) is 5.56 Å². The van der Waals surface area contributed by atoms with E-state index in [4.69, 9.17) is 10.5 Å². The molecule has 6 heteroatoms. The molecule has 0 aliphatic heterocycles. The van der Waals surface area contributed by atoms with Crippen molar-refractivity contribution in [2.45, 2.75) is 13.2 Å². The van der Waals surface area contributed by atoms with Crippen molar-refractivity contribution in [1.82, 2.24) is 9.36 Å². The van der Waals surface area contributed by atoms with Crippen LogP contribution in [0.4, 0.5) is 10.1 Å². The van der Waals surface area contributed by atoms with Gasteiger partial charge in [0, 0.05) is 14.2 Å². The Labute approximate surface area is 110 Å². The van der Waals surface area contributed by atoms with Gasteiger partial charge in [0.1, 0.15) is 11.5 Å². The smallest absolute Gasteiger partial charge is 0.290 e. The molecule has 0 aliphatic rings. The molecule has 102 valence electrons. The topological polar surface area (TPSA) is 62.2 Å². The zero-order valence-corrected chi connectivity index (χ0v) is 10.9. The van der Waals surface area contributed by atoms with Crippen molar-refractivity contribution in [3.05, 3.63) is 51.7 Å². The van der Waals surface area contributed by atoms with Gasteiger partial charge in [0.25, 0.3) is 5.56 Å². The van der Waals surface area contributed by atoms with E-state index < -0.39 is 0 Å². The van der Waals surface area contributed by atoms with Crippen LogP contribution in [0, 0.1) is 5.82 Å². The summed E-state index contributed by atoms with van der Waals surface area (Å²) in [4.78, 5) is 12.0. The SMILES string of the molecule is COCc1c(N)c(=O)n(Cc2ccc(F)cc2)n1C. The summed E-state index contributed by atoms with van der Waals surface area (Å²) in [5, 5.41) is 0. The van der Waals surface area contributed by atoms with Crippen molar-refractivity contribution in [1.29, 1.82) is 0 Å². The van der Waals surface area contributed by atoms with Gasteiger partial charge in [-0.1, -0.05) is 12.1 Å². The Bertz CT molecular complexity index is 629. The number of benzene rings is 1. The van der Waals surface area contributed by atoms with Crippen LogP contribution in [-0.4, -0.2) is 16.5 Å². The number of nitrogens with two attached hydrogens (primary N) is 1. The molecule has 1 aromatic heterocycles. The first kappa shape index (κ1) is 13.4. The Hall–Kier alpha value is -2.08. The quantitative estimate of drug-likeness (QED) is 0.900. The molecule has 5 nitrogen and oxygen atoms in total. The number of aromatic nitrogens is 2. The highest BCUT2D eigenvalue weighted by Crippen LogP contribution is 2.10. The van der Waals surface area contributed by atoms with Crippen LogP contribution in [0.3, 0.4) is 0 Å². The van der Waals surface area contributed by atoms with E-state index in [1.165, 1.54) is 16.8 Å². The van der Waals surface area contributed by atoms with Gasteiger partial charge < -0.3 is 10.5 Å². The highest BCUT2D eigenvalue weighted by atomic mass is 19.1. The van der Waals surface area contributed by atoms with Crippen LogP contribution in [0.5, 0.6) is 0 Å². The van der Waals surface area contributed by atoms with Crippen molar-refractivity contribution >= 4 is 5.69 Å². The molecule has 2 N–H and O–H groups in total. The van der Waals surface area contributed by atoms with E-state index in [1.54, 1.807) is 31.0 Å². The number of rotatable bonds is 4. The van der Waals surface area contributed by atoms with Crippen molar-refractivity contribution in [3.8, 4) is 0 Å². The maximum absolute atomic E-state index is 12.8. The molecular weight excluding hydrogens is 249 g/mol. The predicted octanol–water partition coefficient (Wildman–Crippen LogP) is 1.10. The Morgan fingerprint density at radius 2 is 1.95 bits per heavy atom. The second-order valence-corrected chi connectivity index (χ2v) is 4.31. The Kier molecular flexibility index (Phi) is 3.71. The second kappa shape index (κ2) is 5.27. The standard InChI is InChI=1S/C13H16FN3O2/c1-16-11(8-19-2)12(15)13(18)17(16)7-9-3-5-10(14)6-4-9/h3-6H,7-8,15H2,1-2H3. The van der Waals surface area contributed by atoms with E-state index in [0.29, 0.717) is 12.2 Å². The fourth-order valence-corrected chi connectivity index (χ4v) is 1.97. The molecule has 0 unspecified atom stereocenters. The molecule has 0 atom stereocenters. The number of ether oxygens (including phenoxy) is 1. The van der Waals surface area contributed by atoms with Crippen molar-refractivity contribution in [2.75, 3.05) is 12.8 Å². The van der Waals surface area contributed by atoms with Crippen LogP contribution in [-0.2, 0) is 24.9 Å². The van der Waals surface area contributed by atoms with Crippen LogP contribution < -0.4 is 11.3 Å². The first-order valence-electron chi connectivity index (χ1n) is 5.82. The maximum atomic E-state index is 12.8. The summed E-state index contributed by atoms with van der Waals surface area (Å²) in [5.41, 5.74) is 7.16. The molecule has 19 heavy (non-hydrogen) atoms. The molecule has 0 fully saturated rings. The molecular formula is C13H16FN3O2. The van der Waals surface area contributed by atoms with E-state index in [2.05, 4.69) is 0 Å². The summed E-state index contributed by atoms with van der Waals surface area (Å²) >= 11 is 0. The average molecular weight is 265 g/mol. The molecule has 0 saturated heterocycles. The van der Waals surface area contributed by atoms with Gasteiger partial charge in [0.15, 0.2) is 0 Å². The zero-order chi connectivity index (χ0) is 14.0. The minimum atomic E-state index is -0.303. The summed E-state index contributed by atoms with van der Waals surface area (Å²) in [7, 11) is 3.29. The lowest BCUT2D eigenvalue weighted by molar-refractivity contribution is 0.177. The number of halogens is 1. The lowest BCUT2D eigenvalue weighted by Gasteiger charge is -2.09. The highest BCUT2D eigenvalue weighted by Gasteiger charge is 2.15. The van der Waals surface area contributed by atoms with Crippen LogP contribution in [0.15, 0.2) is 29.1 Å². The van der Waals surface area contributed by atoms with E-state index >= 15 is 0 Å². The van der Waals surface area contributed by atoms with Gasteiger partial charge in [-0.05, 0) is 17.7 Å². The molecule has 0 saturated carbocycles. The fourth-order valence-electron chi connectivity index (χ4n) is 1.97. The summed E-state index contributed by atoms with van der Waals surface area (Å²) in [6.07, 6.45) is 0. The predicted molar refractivity (Wildman–Crippen MR) is 70.3 cm³/mol. The van der Waals surface area contributed by atoms with E-state index in [9.17, 15) is 9.18 Å². The summed E-state index contributed by atoms with van der Waals surface area (Å²) in [5.74, 6) is -0.303. The molecule has 2 rings (SSSR count). The lowest BCUT2D eigenvalue weighted by atomic mass is 10.2. The van der Waals surface area contributed by atoms with Gasteiger partial charge in [-0.25, -0.2) is 9.07 Å². The van der Waals surface area contributed by atoms with Crippen molar-refractivity contribution in [3.63, 3.8) is 0 Å². The Morgan fingerprint density at radius 3 is 2.53 bits per heavy atom. The Morgan fingerprint density at radius 1 is 1.32 bits per heavy atom. The number of hydrogen-bond acceptors (Lipinski definition) is 3. The molecule has 1 heterocycles. The third kappa shape index (κ3) is 2.53. The number of methoxy groups -OCH3 is 1. The molecule has 2 aromatic rings. The zero-order valence-electron chi connectivity index (χ0n) is 10.9. The highest BCUT2D eigenvalue weighted by molar-refractivity contribution is 5.41. The monoisotopic (exact) mass is 265 g/mol. The van der Waals surface area contributed by atoms with E-state index in [-0.39, 0.29) is 23.7 Å². The molecule has 0 spiro atoms. The average Bonchev–Trinajstić information content (AvgIpc) is 2.59. The van der Waals surface area contributed by atoms with Crippen molar-refractivity contribution in [2.24, 2.45) is 7.05 Å². The van der Waals surface area contributed by atoms with Crippen molar-refractivity contribution < 1.29 is 9.13 Å². The van der Waals surface area contributed by atoms with Gasteiger partial charge in [-0.15, -0.1) is 0 Å². The third-order valence-corrected chi connectivity index (χ3v) is 3.06. The number of anilines is 1. The van der Waals surface area contributed by atoms with Crippen LogP contribution in [0.1, 0.15) is 11.3 Å². The molecule has 1 aromatic carbocycles. The van der Waals surface area contributed by atoms with Crippen LogP contribution in [0.25, 0.3) is 0 Å². The summed E-state index contributed by atoms with van der Waals surface area (Å²) < 4.78 is 21.0. The Balaban J connectivity index is 2.38. The second-order valence-electron chi connectivity index (χ2n) is 4.31. The van der Waals surface area contributed by atoms with Crippen LogP contribution in [0.2, 0.25) is 0 Å². The first-order valence-corrected chi connectivity index (χ1v) is 5.82. The third-order valence-electron chi connectivity index (χ3n) is 3.06. The van der Waals surface area contributed by atoms with E-state index in [1.807, 2.05) is 0 Å². The summed E-state index contributed by atoms with van der Waals surface area (Å²) in [6, 6.07) is 6.01. The largest absolute Gasteiger partial charge is 0.393 e. The number of hydrogen-bond donors (Lipinski definition) is 1. The minimum absolute atomic E-state index is 0.187. The van der Waals surface area contributed by atoms with Crippen LogP contribution >= 0.6 is 0 Å². The van der Waals surface area contributed by atoms with Gasteiger partial charge in [-0.2, -0.15) is 0 Å².